The molecule has 0 bridgehead atoms. The number of rotatable bonds is 5. The van der Waals surface area contributed by atoms with E-state index in [2.05, 4.69) is 39.0 Å². The Balaban J connectivity index is 0.00000228. The summed E-state index contributed by atoms with van der Waals surface area (Å²) in [6.45, 7) is 9.87. The average molecular weight is 472 g/mol. The molecule has 0 amide bonds. The molecule has 0 radical (unpaired) electrons. The molecule has 6 rings (SSSR count). The fraction of sp³-hybridized carbons (Fsp3) is 0.714. The minimum absolute atomic E-state index is 0. The third-order valence-electron chi connectivity index (χ3n) is 9.00. The summed E-state index contributed by atoms with van der Waals surface area (Å²) in [5, 5.41) is 0. The van der Waals surface area contributed by atoms with E-state index in [-0.39, 0.29) is 12.4 Å². The van der Waals surface area contributed by atoms with Crippen LogP contribution in [0.2, 0.25) is 0 Å². The highest BCUT2D eigenvalue weighted by atomic mass is 35.5. The second kappa shape index (κ2) is 10.2. The highest BCUT2D eigenvalue weighted by Gasteiger charge is 2.35. The van der Waals surface area contributed by atoms with Crippen molar-refractivity contribution in [1.82, 2.24) is 4.90 Å². The van der Waals surface area contributed by atoms with Gasteiger partial charge in [-0.1, -0.05) is 18.9 Å². The van der Waals surface area contributed by atoms with Gasteiger partial charge in [0, 0.05) is 62.8 Å². The Morgan fingerprint density at radius 3 is 2.30 bits per heavy atom. The van der Waals surface area contributed by atoms with Crippen molar-refractivity contribution in [2.24, 2.45) is 11.3 Å². The topological polar surface area (TPSA) is 19.0 Å². The van der Waals surface area contributed by atoms with Crippen LogP contribution in [0.1, 0.15) is 63.4 Å². The van der Waals surface area contributed by atoms with Gasteiger partial charge < -0.3 is 14.5 Å². The van der Waals surface area contributed by atoms with Crippen molar-refractivity contribution < 1.29 is 4.74 Å². The first-order valence-electron chi connectivity index (χ1n) is 13.4. The number of nitrogens with zero attached hydrogens (tertiary/aromatic N) is 3. The molecule has 0 unspecified atom stereocenters. The van der Waals surface area contributed by atoms with Gasteiger partial charge in [0.2, 0.25) is 0 Å². The molecule has 4 fully saturated rings. The summed E-state index contributed by atoms with van der Waals surface area (Å²) in [7, 11) is 0. The lowest BCUT2D eigenvalue weighted by Crippen LogP contribution is -2.47. The van der Waals surface area contributed by atoms with Gasteiger partial charge in [0.05, 0.1) is 13.2 Å². The third-order valence-corrected chi connectivity index (χ3v) is 9.00. The maximum Gasteiger partial charge on any atom is 0.0642 e. The van der Waals surface area contributed by atoms with Crippen molar-refractivity contribution >= 4 is 29.4 Å². The van der Waals surface area contributed by atoms with Crippen molar-refractivity contribution in [3.05, 3.63) is 29.8 Å². The fourth-order valence-electron chi connectivity index (χ4n) is 6.68. The van der Waals surface area contributed by atoms with E-state index in [1.807, 2.05) is 0 Å². The molecule has 0 N–H and O–H groups in total. The van der Waals surface area contributed by atoms with Crippen LogP contribution in [0, 0.1) is 11.3 Å². The normalized spacial score (nSPS) is 25.8. The molecule has 33 heavy (non-hydrogen) atoms. The number of anilines is 2. The average Bonchev–Trinajstić information content (AvgIpc) is 3.56. The van der Waals surface area contributed by atoms with Crippen LogP contribution < -0.4 is 9.80 Å². The molecule has 5 aliphatic rings. The number of piperazine rings is 1. The maximum atomic E-state index is 5.62. The fourth-order valence-corrected chi connectivity index (χ4v) is 6.68. The van der Waals surface area contributed by atoms with Gasteiger partial charge in [-0.05, 0) is 80.1 Å². The van der Waals surface area contributed by atoms with Crippen LogP contribution in [0.5, 0.6) is 0 Å². The minimum atomic E-state index is 0. The number of benzene rings is 1. The van der Waals surface area contributed by atoms with Gasteiger partial charge in [0.1, 0.15) is 0 Å². The van der Waals surface area contributed by atoms with Gasteiger partial charge in [-0.3, -0.25) is 4.90 Å². The van der Waals surface area contributed by atoms with Crippen LogP contribution in [-0.2, 0) is 4.74 Å². The lowest BCUT2D eigenvalue weighted by Gasteiger charge is -2.39. The Hall–Kier alpha value is -1.23. The van der Waals surface area contributed by atoms with Gasteiger partial charge in [0.15, 0.2) is 0 Å². The molecule has 0 aromatic heterocycles. The van der Waals surface area contributed by atoms with E-state index in [0.717, 1.165) is 32.2 Å². The van der Waals surface area contributed by atoms with Crippen molar-refractivity contribution in [1.29, 1.82) is 0 Å². The Morgan fingerprint density at radius 1 is 0.879 bits per heavy atom. The van der Waals surface area contributed by atoms with Gasteiger partial charge in [-0.2, -0.15) is 0 Å². The first kappa shape index (κ1) is 23.5. The van der Waals surface area contributed by atoms with E-state index < -0.39 is 0 Å². The second-order valence-corrected chi connectivity index (χ2v) is 11.2. The van der Waals surface area contributed by atoms with Crippen LogP contribution in [-0.4, -0.2) is 63.9 Å². The molecule has 0 atom stereocenters. The number of morpholine rings is 1. The van der Waals surface area contributed by atoms with Crippen molar-refractivity contribution in [3.8, 4) is 0 Å². The summed E-state index contributed by atoms with van der Waals surface area (Å²) in [5.41, 5.74) is 6.66. The molecule has 1 spiro atoms. The largest absolute Gasteiger partial charge is 0.378 e. The maximum absolute atomic E-state index is 5.62. The summed E-state index contributed by atoms with van der Waals surface area (Å²) >= 11 is 0. The molecule has 1 aromatic carbocycles. The van der Waals surface area contributed by atoms with E-state index in [1.54, 1.807) is 5.57 Å². The number of hydrogen-bond donors (Lipinski definition) is 0. The molecule has 2 saturated heterocycles. The van der Waals surface area contributed by atoms with Crippen LogP contribution in [0.15, 0.2) is 24.3 Å². The molecular formula is C28H42ClN3O. The molecule has 3 aliphatic carbocycles. The van der Waals surface area contributed by atoms with Crippen LogP contribution in [0.4, 0.5) is 11.4 Å². The quantitative estimate of drug-likeness (QED) is 0.555. The second-order valence-electron chi connectivity index (χ2n) is 11.2. The Bertz CT molecular complexity index is 832. The van der Waals surface area contributed by atoms with E-state index in [1.165, 1.54) is 107 Å². The molecule has 1 aromatic rings. The monoisotopic (exact) mass is 471 g/mol. The summed E-state index contributed by atoms with van der Waals surface area (Å²) in [6, 6.07) is 7.34. The van der Waals surface area contributed by atoms with E-state index in [0.29, 0.717) is 5.41 Å². The highest BCUT2D eigenvalue weighted by molar-refractivity contribution is 5.85. The summed E-state index contributed by atoms with van der Waals surface area (Å²) in [6.07, 6.45) is 15.3. The first-order valence-corrected chi connectivity index (χ1v) is 13.4. The first-order chi connectivity index (χ1) is 15.8. The van der Waals surface area contributed by atoms with Crippen LogP contribution in [0.25, 0.3) is 5.57 Å². The van der Waals surface area contributed by atoms with E-state index in [4.69, 9.17) is 4.74 Å². The summed E-state index contributed by atoms with van der Waals surface area (Å²) in [5.74, 6) is 1.00. The minimum Gasteiger partial charge on any atom is -0.378 e. The van der Waals surface area contributed by atoms with Gasteiger partial charge in [-0.25, -0.2) is 0 Å². The van der Waals surface area contributed by atoms with Crippen LogP contribution in [0.3, 0.4) is 0 Å². The number of ether oxygens (including phenoxy) is 1. The highest BCUT2D eigenvalue weighted by Crippen LogP contribution is 2.50. The Kier molecular flexibility index (Phi) is 7.25. The zero-order valence-electron chi connectivity index (χ0n) is 20.3. The van der Waals surface area contributed by atoms with Crippen molar-refractivity contribution in [2.75, 3.05) is 68.8 Å². The number of allylic oxidation sites excluding steroid dienone is 2. The predicted octanol–water partition coefficient (Wildman–Crippen LogP) is 5.60. The Labute approximate surface area is 206 Å². The SMILES string of the molecule is C1=C(c2cc(N3CCOCC3)ccc2N2CCN(CC3CC3)CC2)CCC2(C1)CCCC2.Cl. The van der Waals surface area contributed by atoms with Gasteiger partial charge in [-0.15, -0.1) is 12.4 Å². The molecule has 182 valence electrons. The predicted molar refractivity (Wildman–Crippen MR) is 141 cm³/mol. The summed E-state index contributed by atoms with van der Waals surface area (Å²) < 4.78 is 5.62. The smallest absolute Gasteiger partial charge is 0.0642 e. The molecule has 2 heterocycles. The molecular weight excluding hydrogens is 430 g/mol. The molecule has 2 aliphatic heterocycles. The molecule has 5 heteroatoms. The molecule has 2 saturated carbocycles. The van der Waals surface area contributed by atoms with Gasteiger partial charge in [0.25, 0.3) is 0 Å². The third kappa shape index (κ3) is 5.23. The number of halogens is 1. The van der Waals surface area contributed by atoms with Crippen molar-refractivity contribution in [3.63, 3.8) is 0 Å². The Morgan fingerprint density at radius 2 is 1.64 bits per heavy atom. The van der Waals surface area contributed by atoms with E-state index >= 15 is 0 Å². The zero-order valence-corrected chi connectivity index (χ0v) is 21.1. The summed E-state index contributed by atoms with van der Waals surface area (Å²) in [4.78, 5) is 7.91. The van der Waals surface area contributed by atoms with Crippen LogP contribution >= 0.6 is 12.4 Å². The number of hydrogen-bond acceptors (Lipinski definition) is 4. The van der Waals surface area contributed by atoms with E-state index in [9.17, 15) is 0 Å². The standard InChI is InChI=1S/C28H41N3O.ClH/c1-2-10-28(9-1)11-7-24(8-12-28)26-21-25(30-17-19-32-20-18-30)5-6-27(26)31-15-13-29(14-16-31)22-23-3-4-23;/h5-7,21,23H,1-4,8-20,22H2;1H. The van der Waals surface area contributed by atoms with Gasteiger partial charge >= 0.3 is 0 Å². The van der Waals surface area contributed by atoms with Crippen molar-refractivity contribution in [2.45, 2.75) is 57.8 Å². The lowest BCUT2D eigenvalue weighted by atomic mass is 9.72. The lowest BCUT2D eigenvalue weighted by molar-refractivity contribution is 0.122. The zero-order chi connectivity index (χ0) is 21.4. The molecule has 4 nitrogen and oxygen atoms in total.